The fourth-order valence-electron chi connectivity index (χ4n) is 3.90. The SMILES string of the molecule is CCc1cccc2sc(N(CC3CCCO3)C(=O)Cc3ccc(SC(C)C)cc3)nc12. The molecule has 1 aliphatic heterocycles. The Labute approximate surface area is 193 Å². The summed E-state index contributed by atoms with van der Waals surface area (Å²) in [5.74, 6) is 0.0804. The van der Waals surface area contributed by atoms with Crippen molar-refractivity contribution >= 4 is 44.4 Å². The number of thioether (sulfide) groups is 1. The lowest BCUT2D eigenvalue weighted by atomic mass is 10.1. The van der Waals surface area contributed by atoms with E-state index >= 15 is 0 Å². The molecule has 1 unspecified atom stereocenters. The number of amides is 1. The van der Waals surface area contributed by atoms with Gasteiger partial charge >= 0.3 is 0 Å². The summed E-state index contributed by atoms with van der Waals surface area (Å²) in [5.41, 5.74) is 3.28. The number of hydrogen-bond acceptors (Lipinski definition) is 5. The van der Waals surface area contributed by atoms with E-state index in [1.807, 2.05) is 16.7 Å². The van der Waals surface area contributed by atoms with Gasteiger partial charge in [0.25, 0.3) is 0 Å². The molecule has 1 atom stereocenters. The Morgan fingerprint density at radius 3 is 2.74 bits per heavy atom. The van der Waals surface area contributed by atoms with Gasteiger partial charge in [0.2, 0.25) is 5.91 Å². The predicted octanol–water partition coefficient (Wildman–Crippen LogP) is 6.11. The number of anilines is 1. The van der Waals surface area contributed by atoms with Crippen LogP contribution < -0.4 is 4.90 Å². The van der Waals surface area contributed by atoms with Crippen LogP contribution in [0.15, 0.2) is 47.4 Å². The number of nitrogens with zero attached hydrogens (tertiary/aromatic N) is 2. The first-order valence-corrected chi connectivity index (χ1v) is 12.8. The van der Waals surface area contributed by atoms with Gasteiger partial charge in [-0.3, -0.25) is 9.69 Å². The maximum absolute atomic E-state index is 13.4. The molecule has 0 aliphatic carbocycles. The summed E-state index contributed by atoms with van der Waals surface area (Å²) < 4.78 is 6.99. The first kappa shape index (κ1) is 22.3. The van der Waals surface area contributed by atoms with E-state index in [0.29, 0.717) is 18.2 Å². The van der Waals surface area contributed by atoms with E-state index < -0.39 is 0 Å². The molecular weight excluding hydrogens is 424 g/mol. The Hall–Kier alpha value is -1.89. The summed E-state index contributed by atoms with van der Waals surface area (Å²) >= 11 is 3.44. The average Bonchev–Trinajstić information content (AvgIpc) is 3.42. The first-order chi connectivity index (χ1) is 15.0. The van der Waals surface area contributed by atoms with Gasteiger partial charge in [-0.05, 0) is 48.6 Å². The van der Waals surface area contributed by atoms with E-state index in [0.717, 1.165) is 46.8 Å². The van der Waals surface area contributed by atoms with Crippen molar-refractivity contribution in [1.29, 1.82) is 0 Å². The molecule has 0 saturated carbocycles. The first-order valence-electron chi connectivity index (χ1n) is 11.1. The minimum atomic E-state index is 0.0804. The van der Waals surface area contributed by atoms with E-state index in [4.69, 9.17) is 9.72 Å². The molecule has 0 radical (unpaired) electrons. The summed E-state index contributed by atoms with van der Waals surface area (Å²) in [5, 5.41) is 1.32. The van der Waals surface area contributed by atoms with E-state index in [1.165, 1.54) is 10.5 Å². The highest BCUT2D eigenvalue weighted by Crippen LogP contribution is 2.32. The average molecular weight is 455 g/mol. The van der Waals surface area contributed by atoms with Crippen LogP contribution >= 0.6 is 23.1 Å². The second-order valence-corrected chi connectivity index (χ2v) is 10.9. The van der Waals surface area contributed by atoms with Gasteiger partial charge in [-0.2, -0.15) is 0 Å². The smallest absolute Gasteiger partial charge is 0.233 e. The number of fused-ring (bicyclic) bond motifs is 1. The van der Waals surface area contributed by atoms with Crippen molar-refractivity contribution in [1.82, 2.24) is 4.98 Å². The van der Waals surface area contributed by atoms with E-state index in [2.05, 4.69) is 63.2 Å². The van der Waals surface area contributed by atoms with Crippen molar-refractivity contribution in [3.63, 3.8) is 0 Å². The molecule has 1 aromatic heterocycles. The van der Waals surface area contributed by atoms with Crippen LogP contribution in [0.2, 0.25) is 0 Å². The second kappa shape index (κ2) is 10.2. The molecule has 6 heteroatoms. The molecule has 1 amide bonds. The molecule has 1 saturated heterocycles. The second-order valence-electron chi connectivity index (χ2n) is 8.24. The lowest BCUT2D eigenvalue weighted by Gasteiger charge is -2.23. The third-order valence-electron chi connectivity index (χ3n) is 5.46. The van der Waals surface area contributed by atoms with Gasteiger partial charge in [0.15, 0.2) is 5.13 Å². The highest BCUT2D eigenvalue weighted by Gasteiger charge is 2.26. The standard InChI is InChI=1S/C25H30N2O2S2/c1-4-19-7-5-9-22-24(19)26-25(31-22)27(16-20-8-6-14-29-20)23(28)15-18-10-12-21(13-11-18)30-17(2)3/h5,7,9-13,17,20H,4,6,8,14-16H2,1-3H3. The molecule has 164 valence electrons. The summed E-state index contributed by atoms with van der Waals surface area (Å²) in [6.07, 6.45) is 3.44. The number of carbonyl (C=O) groups is 1. The minimum absolute atomic E-state index is 0.0804. The Morgan fingerprint density at radius 1 is 1.26 bits per heavy atom. The Morgan fingerprint density at radius 2 is 2.06 bits per heavy atom. The third kappa shape index (κ3) is 5.48. The minimum Gasteiger partial charge on any atom is -0.376 e. The van der Waals surface area contributed by atoms with Crippen molar-refractivity contribution in [2.45, 2.75) is 62.7 Å². The number of hydrogen-bond donors (Lipinski definition) is 0. The van der Waals surface area contributed by atoms with E-state index in [1.54, 1.807) is 11.3 Å². The molecule has 3 aromatic rings. The van der Waals surface area contributed by atoms with Crippen LogP contribution in [0.5, 0.6) is 0 Å². The highest BCUT2D eigenvalue weighted by molar-refractivity contribution is 7.99. The molecule has 1 aliphatic rings. The van der Waals surface area contributed by atoms with Gasteiger partial charge in [-0.25, -0.2) is 4.98 Å². The van der Waals surface area contributed by atoms with Crippen molar-refractivity contribution in [3.05, 3.63) is 53.6 Å². The highest BCUT2D eigenvalue weighted by atomic mass is 32.2. The van der Waals surface area contributed by atoms with Gasteiger partial charge < -0.3 is 4.74 Å². The maximum Gasteiger partial charge on any atom is 0.233 e. The fraction of sp³-hybridized carbons (Fsp3) is 0.440. The van der Waals surface area contributed by atoms with E-state index in [-0.39, 0.29) is 12.0 Å². The quantitative estimate of drug-likeness (QED) is 0.385. The summed E-state index contributed by atoms with van der Waals surface area (Å²) in [7, 11) is 0. The Bertz CT molecular complexity index is 1020. The van der Waals surface area contributed by atoms with Crippen molar-refractivity contribution < 1.29 is 9.53 Å². The largest absolute Gasteiger partial charge is 0.376 e. The molecular formula is C25H30N2O2S2. The number of ether oxygens (including phenoxy) is 1. The van der Waals surface area contributed by atoms with Crippen molar-refractivity contribution in [2.75, 3.05) is 18.1 Å². The van der Waals surface area contributed by atoms with Gasteiger partial charge in [0.05, 0.1) is 29.3 Å². The van der Waals surface area contributed by atoms with Crippen LogP contribution in [0, 0.1) is 0 Å². The Kier molecular flexibility index (Phi) is 7.31. The zero-order chi connectivity index (χ0) is 21.8. The lowest BCUT2D eigenvalue weighted by Crippen LogP contribution is -2.38. The van der Waals surface area contributed by atoms with Crippen LogP contribution in [0.25, 0.3) is 10.2 Å². The topological polar surface area (TPSA) is 42.4 Å². The number of aromatic nitrogens is 1. The molecule has 0 N–H and O–H groups in total. The summed E-state index contributed by atoms with van der Waals surface area (Å²) in [6.45, 7) is 7.87. The maximum atomic E-state index is 13.4. The fourth-order valence-corrected chi connectivity index (χ4v) is 5.78. The molecule has 0 bridgehead atoms. The zero-order valence-electron chi connectivity index (χ0n) is 18.5. The molecule has 4 nitrogen and oxygen atoms in total. The van der Waals surface area contributed by atoms with Crippen LogP contribution in [-0.4, -0.2) is 35.4 Å². The van der Waals surface area contributed by atoms with Crippen LogP contribution in [0.4, 0.5) is 5.13 Å². The number of rotatable bonds is 8. The number of aryl methyl sites for hydroxylation is 1. The monoisotopic (exact) mass is 454 g/mol. The Balaban J connectivity index is 1.58. The normalized spacial score (nSPS) is 16.3. The van der Waals surface area contributed by atoms with Crippen LogP contribution in [-0.2, 0) is 22.4 Å². The lowest BCUT2D eigenvalue weighted by molar-refractivity contribution is -0.118. The van der Waals surface area contributed by atoms with Crippen molar-refractivity contribution in [3.8, 4) is 0 Å². The molecule has 2 aromatic carbocycles. The number of thiazole rings is 1. The third-order valence-corrected chi connectivity index (χ3v) is 7.52. The summed E-state index contributed by atoms with van der Waals surface area (Å²) in [4.78, 5) is 21.4. The molecule has 0 spiro atoms. The van der Waals surface area contributed by atoms with Crippen LogP contribution in [0.3, 0.4) is 0 Å². The van der Waals surface area contributed by atoms with Crippen LogP contribution in [0.1, 0.15) is 44.7 Å². The van der Waals surface area contributed by atoms with Gasteiger partial charge in [-0.15, -0.1) is 11.8 Å². The number of benzene rings is 2. The molecule has 1 fully saturated rings. The molecule has 31 heavy (non-hydrogen) atoms. The van der Waals surface area contributed by atoms with Gasteiger partial charge in [-0.1, -0.05) is 56.4 Å². The van der Waals surface area contributed by atoms with Gasteiger partial charge in [0, 0.05) is 16.8 Å². The van der Waals surface area contributed by atoms with Gasteiger partial charge in [0.1, 0.15) is 0 Å². The van der Waals surface area contributed by atoms with E-state index in [9.17, 15) is 4.79 Å². The number of para-hydroxylation sites is 1. The zero-order valence-corrected chi connectivity index (χ0v) is 20.1. The number of carbonyl (C=O) groups excluding carboxylic acids is 1. The molecule has 2 heterocycles. The van der Waals surface area contributed by atoms with Crippen molar-refractivity contribution in [2.24, 2.45) is 0 Å². The predicted molar refractivity (Wildman–Crippen MR) is 131 cm³/mol. The summed E-state index contributed by atoms with van der Waals surface area (Å²) in [6, 6.07) is 14.7. The molecule has 4 rings (SSSR count).